The molecule has 2 aromatic rings. The molecule has 0 saturated heterocycles. The SMILES string of the molecule is O=C1C=C[C@H](COCc2ccccc2)N1C(=O)OCc1ccccc1. The molecule has 5 heteroatoms. The van der Waals surface area contributed by atoms with Gasteiger partial charge in [-0.2, -0.15) is 0 Å². The predicted octanol–water partition coefficient (Wildman–Crippen LogP) is 3.31. The van der Waals surface area contributed by atoms with E-state index in [-0.39, 0.29) is 19.1 Å². The Morgan fingerprint density at radius 1 is 0.920 bits per heavy atom. The summed E-state index contributed by atoms with van der Waals surface area (Å²) in [5, 5.41) is 0. The molecule has 1 atom stereocenters. The Morgan fingerprint density at radius 3 is 2.16 bits per heavy atom. The molecule has 2 aromatic carbocycles. The van der Waals surface area contributed by atoms with Crippen LogP contribution in [0.1, 0.15) is 11.1 Å². The highest BCUT2D eigenvalue weighted by atomic mass is 16.6. The molecule has 0 unspecified atom stereocenters. The summed E-state index contributed by atoms with van der Waals surface area (Å²) in [5.41, 5.74) is 1.90. The lowest BCUT2D eigenvalue weighted by atomic mass is 10.2. The van der Waals surface area contributed by atoms with Gasteiger partial charge in [0.1, 0.15) is 6.61 Å². The second-order valence-electron chi connectivity index (χ2n) is 5.68. The number of carbonyl (C=O) groups is 2. The zero-order valence-corrected chi connectivity index (χ0v) is 13.7. The van der Waals surface area contributed by atoms with Gasteiger partial charge in [0.05, 0.1) is 19.3 Å². The Morgan fingerprint density at radius 2 is 1.52 bits per heavy atom. The highest BCUT2D eigenvalue weighted by Gasteiger charge is 2.33. The first-order valence-corrected chi connectivity index (χ1v) is 8.08. The van der Waals surface area contributed by atoms with Gasteiger partial charge in [-0.25, -0.2) is 9.69 Å². The molecular formula is C20H19NO4. The molecule has 0 radical (unpaired) electrons. The molecule has 0 aromatic heterocycles. The summed E-state index contributed by atoms with van der Waals surface area (Å²) >= 11 is 0. The number of imide groups is 1. The molecule has 0 aliphatic carbocycles. The zero-order valence-electron chi connectivity index (χ0n) is 13.7. The fraction of sp³-hybridized carbons (Fsp3) is 0.200. The van der Waals surface area contributed by atoms with Gasteiger partial charge in [-0.05, 0) is 11.1 Å². The lowest BCUT2D eigenvalue weighted by Crippen LogP contribution is -2.42. The van der Waals surface area contributed by atoms with Crippen LogP contribution >= 0.6 is 0 Å². The van der Waals surface area contributed by atoms with E-state index in [2.05, 4.69) is 0 Å². The summed E-state index contributed by atoms with van der Waals surface area (Å²) in [7, 11) is 0. The summed E-state index contributed by atoms with van der Waals surface area (Å²) in [5.74, 6) is -0.383. The smallest absolute Gasteiger partial charge is 0.417 e. The Hall–Kier alpha value is -2.92. The van der Waals surface area contributed by atoms with Gasteiger partial charge in [0.15, 0.2) is 0 Å². The highest BCUT2D eigenvalue weighted by Crippen LogP contribution is 2.15. The summed E-state index contributed by atoms with van der Waals surface area (Å²) in [4.78, 5) is 25.3. The molecule has 0 spiro atoms. The molecule has 5 nitrogen and oxygen atoms in total. The quantitative estimate of drug-likeness (QED) is 0.811. The van der Waals surface area contributed by atoms with Gasteiger partial charge < -0.3 is 9.47 Å². The number of nitrogens with zero attached hydrogens (tertiary/aromatic N) is 1. The molecule has 3 rings (SSSR count). The number of amides is 2. The fourth-order valence-corrected chi connectivity index (χ4v) is 2.54. The highest BCUT2D eigenvalue weighted by molar-refractivity contribution is 6.01. The fourth-order valence-electron chi connectivity index (χ4n) is 2.54. The first-order chi connectivity index (χ1) is 12.2. The second kappa shape index (κ2) is 8.26. The van der Waals surface area contributed by atoms with Crippen molar-refractivity contribution in [2.75, 3.05) is 6.61 Å². The maximum atomic E-state index is 12.3. The second-order valence-corrected chi connectivity index (χ2v) is 5.68. The summed E-state index contributed by atoms with van der Waals surface area (Å²) in [6.07, 6.45) is 2.38. The maximum Gasteiger partial charge on any atom is 0.417 e. The van der Waals surface area contributed by atoms with Crippen molar-refractivity contribution in [1.29, 1.82) is 0 Å². The molecule has 0 N–H and O–H groups in total. The number of benzene rings is 2. The van der Waals surface area contributed by atoms with Crippen LogP contribution in [0.4, 0.5) is 4.79 Å². The first-order valence-electron chi connectivity index (χ1n) is 8.08. The largest absolute Gasteiger partial charge is 0.444 e. The summed E-state index contributed by atoms with van der Waals surface area (Å²) in [6.45, 7) is 0.783. The molecule has 0 bridgehead atoms. The number of hydrogen-bond donors (Lipinski definition) is 0. The monoisotopic (exact) mass is 337 g/mol. The van der Waals surface area contributed by atoms with Crippen molar-refractivity contribution in [3.63, 3.8) is 0 Å². The van der Waals surface area contributed by atoms with Crippen molar-refractivity contribution >= 4 is 12.0 Å². The summed E-state index contributed by atoms with van der Waals surface area (Å²) < 4.78 is 10.9. The molecule has 128 valence electrons. The molecule has 1 aliphatic heterocycles. The lowest BCUT2D eigenvalue weighted by Gasteiger charge is -2.22. The Kier molecular flexibility index (Phi) is 5.59. The first kappa shape index (κ1) is 16.9. The third-order valence-electron chi connectivity index (χ3n) is 3.83. The van der Waals surface area contributed by atoms with Crippen molar-refractivity contribution in [3.8, 4) is 0 Å². The number of carbonyl (C=O) groups excluding carboxylic acids is 2. The van der Waals surface area contributed by atoms with Gasteiger partial charge >= 0.3 is 6.09 Å². The molecule has 0 fully saturated rings. The third-order valence-corrected chi connectivity index (χ3v) is 3.83. The number of ether oxygens (including phenoxy) is 2. The van der Waals surface area contributed by atoms with E-state index in [4.69, 9.17) is 9.47 Å². The van der Waals surface area contributed by atoms with Crippen LogP contribution in [-0.2, 0) is 27.5 Å². The normalized spacial score (nSPS) is 16.2. The van der Waals surface area contributed by atoms with Crippen molar-refractivity contribution in [1.82, 2.24) is 4.90 Å². The van der Waals surface area contributed by atoms with E-state index < -0.39 is 12.1 Å². The van der Waals surface area contributed by atoms with Crippen LogP contribution in [0.15, 0.2) is 72.8 Å². The van der Waals surface area contributed by atoms with Gasteiger partial charge in [-0.1, -0.05) is 66.7 Å². The van der Waals surface area contributed by atoms with E-state index in [0.717, 1.165) is 16.0 Å². The van der Waals surface area contributed by atoms with Crippen molar-refractivity contribution in [3.05, 3.63) is 83.9 Å². The van der Waals surface area contributed by atoms with Gasteiger partial charge in [-0.15, -0.1) is 0 Å². The van der Waals surface area contributed by atoms with Crippen LogP contribution in [0.3, 0.4) is 0 Å². The van der Waals surface area contributed by atoms with E-state index in [1.54, 1.807) is 6.08 Å². The molecular weight excluding hydrogens is 318 g/mol. The van der Waals surface area contributed by atoms with Crippen molar-refractivity contribution in [2.24, 2.45) is 0 Å². The van der Waals surface area contributed by atoms with Crippen molar-refractivity contribution in [2.45, 2.75) is 19.3 Å². The minimum Gasteiger partial charge on any atom is -0.444 e. The van der Waals surface area contributed by atoms with Gasteiger partial charge in [0.2, 0.25) is 0 Å². The number of rotatable bonds is 6. The van der Waals surface area contributed by atoms with Crippen LogP contribution in [-0.4, -0.2) is 29.5 Å². The average Bonchev–Trinajstić information content (AvgIpc) is 3.02. The minimum atomic E-state index is -0.660. The van der Waals surface area contributed by atoms with Gasteiger partial charge in [0, 0.05) is 6.08 Å². The lowest BCUT2D eigenvalue weighted by molar-refractivity contribution is -0.125. The summed E-state index contributed by atoms with van der Waals surface area (Å²) in [6, 6.07) is 18.6. The van der Waals surface area contributed by atoms with E-state index >= 15 is 0 Å². The van der Waals surface area contributed by atoms with Crippen LogP contribution in [0.5, 0.6) is 0 Å². The van der Waals surface area contributed by atoms with E-state index in [1.165, 1.54) is 6.08 Å². The van der Waals surface area contributed by atoms with Crippen LogP contribution in [0.2, 0.25) is 0 Å². The molecule has 2 amide bonds. The zero-order chi connectivity index (χ0) is 17.5. The Balaban J connectivity index is 1.52. The molecule has 1 heterocycles. The van der Waals surface area contributed by atoms with Crippen molar-refractivity contribution < 1.29 is 19.1 Å². The van der Waals surface area contributed by atoms with Crippen LogP contribution in [0.25, 0.3) is 0 Å². The molecule has 0 saturated carbocycles. The van der Waals surface area contributed by atoms with E-state index in [1.807, 2.05) is 60.7 Å². The predicted molar refractivity (Wildman–Crippen MR) is 92.5 cm³/mol. The minimum absolute atomic E-state index is 0.126. The van der Waals surface area contributed by atoms with Crippen LogP contribution < -0.4 is 0 Å². The van der Waals surface area contributed by atoms with E-state index in [0.29, 0.717) is 6.61 Å². The van der Waals surface area contributed by atoms with E-state index in [9.17, 15) is 9.59 Å². The maximum absolute atomic E-state index is 12.3. The molecule has 25 heavy (non-hydrogen) atoms. The van der Waals surface area contributed by atoms with Gasteiger partial charge in [0.25, 0.3) is 5.91 Å². The number of hydrogen-bond acceptors (Lipinski definition) is 4. The van der Waals surface area contributed by atoms with Crippen LogP contribution in [0, 0.1) is 0 Å². The Bertz CT molecular complexity index is 743. The average molecular weight is 337 g/mol. The Labute approximate surface area is 146 Å². The third kappa shape index (κ3) is 4.55. The van der Waals surface area contributed by atoms with Gasteiger partial charge in [-0.3, -0.25) is 4.79 Å². The molecule has 1 aliphatic rings. The standard InChI is InChI=1S/C20H19NO4/c22-19-12-11-18(15-24-13-16-7-3-1-4-8-16)21(19)20(23)25-14-17-9-5-2-6-10-17/h1-12,18H,13-15H2/t18-/m1/s1. The topological polar surface area (TPSA) is 55.8 Å².